The Morgan fingerprint density at radius 1 is 1.21 bits per heavy atom. The van der Waals surface area contributed by atoms with E-state index in [4.69, 9.17) is 9.47 Å². The van der Waals surface area contributed by atoms with Crippen LogP contribution in [-0.4, -0.2) is 29.4 Å². The molecule has 0 radical (unpaired) electrons. The van der Waals surface area contributed by atoms with Gasteiger partial charge < -0.3 is 9.47 Å². The van der Waals surface area contributed by atoms with E-state index in [-0.39, 0.29) is 23.5 Å². The van der Waals surface area contributed by atoms with Crippen molar-refractivity contribution >= 4 is 17.7 Å². The Morgan fingerprint density at radius 3 is 2.38 bits per heavy atom. The lowest BCUT2D eigenvalue weighted by atomic mass is 9.56. The van der Waals surface area contributed by atoms with Crippen LogP contribution in [-0.2, 0) is 23.9 Å². The quantitative estimate of drug-likeness (QED) is 0.573. The van der Waals surface area contributed by atoms with Crippen molar-refractivity contribution in [3.8, 4) is 0 Å². The number of ketones is 1. The zero-order valence-electron chi connectivity index (χ0n) is 15.2. The maximum atomic E-state index is 12.9. The highest BCUT2D eigenvalue weighted by Gasteiger charge is 2.74. The molecular formula is C19H26O5. The van der Waals surface area contributed by atoms with Crippen molar-refractivity contribution in [2.75, 3.05) is 0 Å². The summed E-state index contributed by atoms with van der Waals surface area (Å²) in [4.78, 5) is 36.6. The van der Waals surface area contributed by atoms with Crippen molar-refractivity contribution in [3.05, 3.63) is 11.6 Å². The zero-order chi connectivity index (χ0) is 18.0. The van der Waals surface area contributed by atoms with Crippen LogP contribution in [0.2, 0.25) is 0 Å². The lowest BCUT2D eigenvalue weighted by Gasteiger charge is -2.48. The summed E-state index contributed by atoms with van der Waals surface area (Å²) in [7, 11) is 0. The molecule has 4 bridgehead atoms. The predicted molar refractivity (Wildman–Crippen MR) is 86.8 cm³/mol. The number of hydrogen-bond acceptors (Lipinski definition) is 5. The highest BCUT2D eigenvalue weighted by atomic mass is 16.6. The van der Waals surface area contributed by atoms with E-state index in [1.165, 1.54) is 13.8 Å². The molecule has 0 saturated heterocycles. The molecule has 0 aromatic rings. The van der Waals surface area contributed by atoms with Crippen LogP contribution >= 0.6 is 0 Å². The molecule has 132 valence electrons. The van der Waals surface area contributed by atoms with Crippen LogP contribution < -0.4 is 0 Å². The SMILES string of the molecule is CC(=O)O[C@@H]1C2(OC(C)=O)C=C(C)[C@H]3[C@H](C)CC(=O)C2[C@H]3C1(C)C. The second-order valence-electron chi connectivity index (χ2n) is 8.32. The van der Waals surface area contributed by atoms with Crippen LogP contribution in [0.5, 0.6) is 0 Å². The van der Waals surface area contributed by atoms with Gasteiger partial charge in [-0.2, -0.15) is 0 Å². The van der Waals surface area contributed by atoms with Gasteiger partial charge >= 0.3 is 11.9 Å². The van der Waals surface area contributed by atoms with E-state index in [9.17, 15) is 14.4 Å². The smallest absolute Gasteiger partial charge is 0.303 e. The molecule has 5 nitrogen and oxygen atoms in total. The Bertz CT molecular complexity index is 646. The van der Waals surface area contributed by atoms with Crippen molar-refractivity contribution < 1.29 is 23.9 Å². The zero-order valence-corrected chi connectivity index (χ0v) is 15.2. The maximum absolute atomic E-state index is 12.9. The van der Waals surface area contributed by atoms with E-state index in [0.29, 0.717) is 6.42 Å². The molecule has 0 aliphatic heterocycles. The van der Waals surface area contributed by atoms with E-state index in [2.05, 4.69) is 6.92 Å². The van der Waals surface area contributed by atoms with Crippen LogP contribution in [0, 0.1) is 29.1 Å². The fourth-order valence-electron chi connectivity index (χ4n) is 5.83. The minimum absolute atomic E-state index is 0.00227. The molecule has 0 aromatic heterocycles. The molecular weight excluding hydrogens is 308 g/mol. The van der Waals surface area contributed by atoms with Gasteiger partial charge in [-0.25, -0.2) is 0 Å². The van der Waals surface area contributed by atoms with Gasteiger partial charge in [-0.05, 0) is 30.8 Å². The van der Waals surface area contributed by atoms with E-state index >= 15 is 0 Å². The third-order valence-electron chi connectivity index (χ3n) is 6.24. The van der Waals surface area contributed by atoms with Crippen molar-refractivity contribution in [1.82, 2.24) is 0 Å². The molecule has 5 heteroatoms. The summed E-state index contributed by atoms with van der Waals surface area (Å²) in [5.74, 6) is -0.733. The van der Waals surface area contributed by atoms with Gasteiger partial charge in [0.2, 0.25) is 0 Å². The van der Waals surface area contributed by atoms with E-state index in [0.717, 1.165) is 5.57 Å². The number of rotatable bonds is 2. The van der Waals surface area contributed by atoms with Gasteiger partial charge in [-0.1, -0.05) is 26.3 Å². The number of Topliss-reactive ketones (excluding diaryl/α,β-unsaturated/α-hetero) is 1. The molecule has 0 amide bonds. The molecule has 3 aliphatic carbocycles. The average molecular weight is 334 g/mol. The van der Waals surface area contributed by atoms with Gasteiger partial charge in [0.05, 0.1) is 5.92 Å². The topological polar surface area (TPSA) is 69.7 Å². The monoisotopic (exact) mass is 334 g/mol. The van der Waals surface area contributed by atoms with Crippen molar-refractivity contribution in [1.29, 1.82) is 0 Å². The van der Waals surface area contributed by atoms with Gasteiger partial charge in [0.15, 0.2) is 11.7 Å². The minimum atomic E-state index is -1.18. The van der Waals surface area contributed by atoms with Crippen LogP contribution in [0.15, 0.2) is 11.6 Å². The fraction of sp³-hybridized carbons (Fsp3) is 0.737. The highest BCUT2D eigenvalue weighted by molar-refractivity contribution is 5.87. The summed E-state index contributed by atoms with van der Waals surface area (Å²) < 4.78 is 11.4. The van der Waals surface area contributed by atoms with Crippen LogP contribution in [0.3, 0.4) is 0 Å². The molecule has 0 spiro atoms. The molecule has 2 unspecified atom stereocenters. The summed E-state index contributed by atoms with van der Waals surface area (Å²) >= 11 is 0. The largest absolute Gasteiger partial charge is 0.457 e. The average Bonchev–Trinajstić information content (AvgIpc) is 2.53. The van der Waals surface area contributed by atoms with Gasteiger partial charge in [0.25, 0.3) is 0 Å². The summed E-state index contributed by atoms with van der Waals surface area (Å²) in [6.07, 6.45) is 1.72. The number of carbonyl (C=O) groups is 3. The number of ether oxygens (including phenoxy) is 2. The van der Waals surface area contributed by atoms with Crippen molar-refractivity contribution in [3.63, 3.8) is 0 Å². The van der Waals surface area contributed by atoms with E-state index < -0.39 is 35.0 Å². The first-order chi connectivity index (χ1) is 11.0. The van der Waals surface area contributed by atoms with Crippen LogP contribution in [0.4, 0.5) is 0 Å². The van der Waals surface area contributed by atoms with Crippen LogP contribution in [0.25, 0.3) is 0 Å². The molecule has 6 atom stereocenters. The lowest BCUT2D eigenvalue weighted by molar-refractivity contribution is -0.184. The van der Waals surface area contributed by atoms with Gasteiger partial charge in [0, 0.05) is 25.7 Å². The molecule has 0 heterocycles. The summed E-state index contributed by atoms with van der Waals surface area (Å²) in [5.41, 5.74) is -0.515. The first-order valence-electron chi connectivity index (χ1n) is 8.61. The molecule has 3 aliphatic rings. The first-order valence-corrected chi connectivity index (χ1v) is 8.61. The van der Waals surface area contributed by atoms with Gasteiger partial charge in [-0.15, -0.1) is 0 Å². The third-order valence-corrected chi connectivity index (χ3v) is 6.24. The van der Waals surface area contributed by atoms with Crippen molar-refractivity contribution in [2.45, 2.75) is 59.7 Å². The third kappa shape index (κ3) is 2.09. The standard InChI is InChI=1S/C19H26O5/c1-9-7-13(22)15-16-14(9)10(2)8-19(15,24-12(4)21)17(18(16,5)6)23-11(3)20/h8-9,14-17H,7H2,1-6H3/t9-,14-,15?,16+,17+,19?/m1/s1. The fourth-order valence-corrected chi connectivity index (χ4v) is 5.83. The lowest BCUT2D eigenvalue weighted by Crippen LogP contribution is -2.55. The number of hydrogen-bond donors (Lipinski definition) is 0. The summed E-state index contributed by atoms with van der Waals surface area (Å²) in [5, 5.41) is 0. The Labute approximate surface area is 142 Å². The van der Waals surface area contributed by atoms with E-state index in [1.54, 1.807) is 0 Å². The van der Waals surface area contributed by atoms with Crippen molar-refractivity contribution in [2.24, 2.45) is 29.1 Å². The second-order valence-corrected chi connectivity index (χ2v) is 8.32. The Morgan fingerprint density at radius 2 is 1.83 bits per heavy atom. The first kappa shape index (κ1) is 17.2. The van der Waals surface area contributed by atoms with Gasteiger partial charge in [-0.3, -0.25) is 14.4 Å². The molecule has 0 aromatic carbocycles. The molecule has 24 heavy (non-hydrogen) atoms. The Hall–Kier alpha value is -1.65. The number of allylic oxidation sites excluding steroid dienone is 1. The van der Waals surface area contributed by atoms with Gasteiger partial charge in [0.1, 0.15) is 5.78 Å². The second kappa shape index (κ2) is 5.17. The predicted octanol–water partition coefficient (Wildman–Crippen LogP) is 2.68. The van der Waals surface area contributed by atoms with Crippen LogP contribution in [0.1, 0.15) is 48.0 Å². The molecule has 2 saturated carbocycles. The summed E-state index contributed by atoms with van der Waals surface area (Å²) in [6.45, 7) is 10.9. The maximum Gasteiger partial charge on any atom is 0.303 e. The summed E-state index contributed by atoms with van der Waals surface area (Å²) in [6, 6.07) is 0. The Kier molecular flexibility index (Phi) is 3.70. The minimum Gasteiger partial charge on any atom is -0.457 e. The number of esters is 2. The molecule has 2 fully saturated rings. The number of carbonyl (C=O) groups excluding carboxylic acids is 3. The normalized spacial score (nSPS) is 42.3. The highest BCUT2D eigenvalue weighted by Crippen LogP contribution is 2.66. The molecule has 3 rings (SSSR count). The van der Waals surface area contributed by atoms with E-state index in [1.807, 2.05) is 26.8 Å². The Balaban J connectivity index is 2.25. The molecule has 0 N–H and O–H groups in total.